The van der Waals surface area contributed by atoms with Crippen LogP contribution in [0.25, 0.3) is 10.8 Å². The Kier molecular flexibility index (Phi) is 4.86. The highest BCUT2D eigenvalue weighted by atomic mass is 35.5. The molecule has 25 heavy (non-hydrogen) atoms. The maximum atomic E-state index is 12.1. The topological polar surface area (TPSA) is 70.9 Å². The van der Waals surface area contributed by atoms with Crippen LogP contribution in [0.4, 0.5) is 0 Å². The van der Waals surface area contributed by atoms with E-state index in [2.05, 4.69) is 10.5 Å². The lowest BCUT2D eigenvalue weighted by Crippen LogP contribution is -2.17. The second kappa shape index (κ2) is 7.23. The first kappa shape index (κ1) is 16.8. The smallest absolute Gasteiger partial charge is 0.271 e. The molecule has 2 N–H and O–H groups in total. The lowest BCUT2D eigenvalue weighted by Gasteiger charge is -2.07. The summed E-state index contributed by atoms with van der Waals surface area (Å²) in [5.41, 5.74) is 3.60. The number of hydrogen-bond acceptors (Lipinski definition) is 4. The van der Waals surface area contributed by atoms with E-state index in [0.717, 1.165) is 22.1 Å². The zero-order valence-corrected chi connectivity index (χ0v) is 14.1. The molecule has 0 radical (unpaired) electrons. The van der Waals surface area contributed by atoms with Gasteiger partial charge in [-0.3, -0.25) is 4.79 Å². The van der Waals surface area contributed by atoms with E-state index < -0.39 is 5.91 Å². The van der Waals surface area contributed by atoms with Crippen molar-refractivity contribution in [3.63, 3.8) is 0 Å². The van der Waals surface area contributed by atoms with Gasteiger partial charge in [-0.15, -0.1) is 0 Å². The zero-order valence-electron chi connectivity index (χ0n) is 13.4. The molecule has 0 atom stereocenters. The maximum absolute atomic E-state index is 12.1. The number of methoxy groups -OCH3 is 1. The summed E-state index contributed by atoms with van der Waals surface area (Å²) in [5.74, 6) is 0.276. The van der Waals surface area contributed by atoms with E-state index in [1.54, 1.807) is 13.3 Å². The van der Waals surface area contributed by atoms with Crippen LogP contribution in [-0.4, -0.2) is 24.3 Å². The van der Waals surface area contributed by atoms with Crippen molar-refractivity contribution in [3.8, 4) is 11.5 Å². The fourth-order valence-corrected chi connectivity index (χ4v) is 2.64. The van der Waals surface area contributed by atoms with E-state index in [0.29, 0.717) is 5.56 Å². The van der Waals surface area contributed by atoms with Crippen LogP contribution in [0.15, 0.2) is 59.7 Å². The van der Waals surface area contributed by atoms with Crippen molar-refractivity contribution in [1.29, 1.82) is 0 Å². The van der Waals surface area contributed by atoms with Gasteiger partial charge in [0.05, 0.1) is 18.3 Å². The summed E-state index contributed by atoms with van der Waals surface area (Å²) in [6.07, 6.45) is 1.57. The summed E-state index contributed by atoms with van der Waals surface area (Å²) in [5, 5.41) is 15.4. The van der Waals surface area contributed by atoms with Crippen LogP contribution in [-0.2, 0) is 0 Å². The number of nitrogens with one attached hydrogen (secondary N) is 1. The first-order chi connectivity index (χ1) is 12.1. The van der Waals surface area contributed by atoms with Crippen LogP contribution in [0.3, 0.4) is 0 Å². The molecular formula is C19H15ClN2O3. The number of carbonyl (C=O) groups excluding carboxylic acids is 1. The SMILES string of the molecule is COc1ccc(/C=N/NC(=O)c2ccc(O)c(Cl)c2)c2ccccc12. The standard InChI is InChI=1S/C19H15ClN2O3/c1-25-18-9-7-13(14-4-2-3-5-15(14)18)11-21-22-19(24)12-6-8-17(23)16(20)10-12/h2-11,23H,1H3,(H,22,24)/b21-11+. The number of aromatic hydroxyl groups is 1. The van der Waals surface area contributed by atoms with E-state index in [4.69, 9.17) is 16.3 Å². The molecule has 0 aromatic heterocycles. The third-order valence-electron chi connectivity index (χ3n) is 3.72. The molecule has 0 aliphatic carbocycles. The number of ether oxygens (including phenoxy) is 1. The van der Waals surface area contributed by atoms with Crippen LogP contribution >= 0.6 is 11.6 Å². The molecule has 126 valence electrons. The van der Waals surface area contributed by atoms with Gasteiger partial charge in [0.15, 0.2) is 0 Å². The summed E-state index contributed by atoms with van der Waals surface area (Å²) < 4.78 is 5.36. The molecule has 0 saturated carbocycles. The molecule has 0 aliphatic heterocycles. The molecule has 3 rings (SSSR count). The molecule has 0 saturated heterocycles. The Morgan fingerprint density at radius 2 is 1.92 bits per heavy atom. The van der Waals surface area contributed by atoms with Gasteiger partial charge in [0, 0.05) is 16.5 Å². The minimum Gasteiger partial charge on any atom is -0.506 e. The van der Waals surface area contributed by atoms with Gasteiger partial charge in [0.1, 0.15) is 11.5 Å². The van der Waals surface area contributed by atoms with E-state index in [1.165, 1.54) is 18.2 Å². The van der Waals surface area contributed by atoms with Crippen molar-refractivity contribution in [1.82, 2.24) is 5.43 Å². The molecule has 3 aromatic carbocycles. The van der Waals surface area contributed by atoms with Gasteiger partial charge >= 0.3 is 0 Å². The third kappa shape index (κ3) is 3.56. The average Bonchev–Trinajstić information content (AvgIpc) is 2.64. The van der Waals surface area contributed by atoms with Crippen molar-refractivity contribution in [2.24, 2.45) is 5.10 Å². The summed E-state index contributed by atoms with van der Waals surface area (Å²) >= 11 is 5.80. The number of hydrogen-bond donors (Lipinski definition) is 2. The van der Waals surface area contributed by atoms with Crippen LogP contribution in [0.2, 0.25) is 5.02 Å². The molecule has 0 spiro atoms. The van der Waals surface area contributed by atoms with Crippen LogP contribution in [0.5, 0.6) is 11.5 Å². The molecule has 0 bridgehead atoms. The van der Waals surface area contributed by atoms with Gasteiger partial charge in [-0.25, -0.2) is 5.43 Å². The minimum absolute atomic E-state index is 0.0774. The van der Waals surface area contributed by atoms with Crippen LogP contribution in [0, 0.1) is 0 Å². The Hall–Kier alpha value is -3.05. The number of amides is 1. The summed E-state index contributed by atoms with van der Waals surface area (Å²) in [6, 6.07) is 15.7. The molecule has 3 aromatic rings. The van der Waals surface area contributed by atoms with Gasteiger partial charge in [-0.05, 0) is 35.7 Å². The molecule has 0 unspecified atom stereocenters. The molecule has 0 aliphatic rings. The number of rotatable bonds is 4. The van der Waals surface area contributed by atoms with E-state index in [-0.39, 0.29) is 10.8 Å². The number of hydrazone groups is 1. The van der Waals surface area contributed by atoms with Crippen molar-refractivity contribution in [2.45, 2.75) is 0 Å². The van der Waals surface area contributed by atoms with Crippen molar-refractivity contribution >= 4 is 34.5 Å². The Morgan fingerprint density at radius 1 is 1.16 bits per heavy atom. The minimum atomic E-state index is -0.420. The molecule has 0 heterocycles. The number of benzene rings is 3. The lowest BCUT2D eigenvalue weighted by molar-refractivity contribution is 0.0955. The van der Waals surface area contributed by atoms with E-state index in [1.807, 2.05) is 36.4 Å². The molecule has 5 nitrogen and oxygen atoms in total. The van der Waals surface area contributed by atoms with Crippen molar-refractivity contribution in [3.05, 3.63) is 70.7 Å². The highest BCUT2D eigenvalue weighted by Crippen LogP contribution is 2.27. The number of nitrogens with zero attached hydrogens (tertiary/aromatic N) is 1. The molecular weight excluding hydrogens is 340 g/mol. The molecule has 1 amide bonds. The predicted octanol–water partition coefficient (Wildman–Crippen LogP) is 3.97. The Bertz CT molecular complexity index is 970. The van der Waals surface area contributed by atoms with Crippen LogP contribution in [0.1, 0.15) is 15.9 Å². The fraction of sp³-hybridized carbons (Fsp3) is 0.0526. The number of fused-ring (bicyclic) bond motifs is 1. The second-order valence-corrected chi connectivity index (χ2v) is 5.68. The third-order valence-corrected chi connectivity index (χ3v) is 4.02. The number of halogens is 1. The first-order valence-electron chi connectivity index (χ1n) is 7.48. The highest BCUT2D eigenvalue weighted by molar-refractivity contribution is 6.32. The number of carbonyl (C=O) groups is 1. The quantitative estimate of drug-likeness (QED) is 0.550. The van der Waals surface area contributed by atoms with E-state index >= 15 is 0 Å². The van der Waals surface area contributed by atoms with Gasteiger partial charge in [0.25, 0.3) is 5.91 Å². The molecule has 0 fully saturated rings. The lowest BCUT2D eigenvalue weighted by atomic mass is 10.0. The van der Waals surface area contributed by atoms with Crippen molar-refractivity contribution < 1.29 is 14.6 Å². The maximum Gasteiger partial charge on any atom is 0.271 e. The Labute approximate surface area is 149 Å². The summed E-state index contributed by atoms with van der Waals surface area (Å²) in [4.78, 5) is 12.1. The predicted molar refractivity (Wildman–Crippen MR) is 98.7 cm³/mol. The van der Waals surface area contributed by atoms with Crippen LogP contribution < -0.4 is 10.2 Å². The second-order valence-electron chi connectivity index (χ2n) is 5.27. The van der Waals surface area contributed by atoms with Gasteiger partial charge in [0.2, 0.25) is 0 Å². The monoisotopic (exact) mass is 354 g/mol. The number of phenolic OH excluding ortho intramolecular Hbond substituents is 1. The zero-order chi connectivity index (χ0) is 17.8. The Balaban J connectivity index is 1.82. The largest absolute Gasteiger partial charge is 0.506 e. The normalized spacial score (nSPS) is 11.0. The summed E-state index contributed by atoms with van der Waals surface area (Å²) in [7, 11) is 1.62. The van der Waals surface area contributed by atoms with Gasteiger partial charge < -0.3 is 9.84 Å². The Morgan fingerprint density at radius 3 is 2.64 bits per heavy atom. The average molecular weight is 355 g/mol. The van der Waals surface area contributed by atoms with Crippen molar-refractivity contribution in [2.75, 3.05) is 7.11 Å². The molecule has 6 heteroatoms. The highest BCUT2D eigenvalue weighted by Gasteiger charge is 2.08. The fourth-order valence-electron chi connectivity index (χ4n) is 2.46. The van der Waals surface area contributed by atoms with Gasteiger partial charge in [-0.1, -0.05) is 35.9 Å². The first-order valence-corrected chi connectivity index (χ1v) is 7.85. The van der Waals surface area contributed by atoms with E-state index in [9.17, 15) is 9.90 Å². The summed E-state index contributed by atoms with van der Waals surface area (Å²) in [6.45, 7) is 0. The van der Waals surface area contributed by atoms with Gasteiger partial charge in [-0.2, -0.15) is 5.10 Å². The number of phenols is 1.